The molecule has 4 aromatic carbocycles. The second kappa shape index (κ2) is 7.74. The van der Waals surface area contributed by atoms with Gasteiger partial charge in [0.25, 0.3) is 0 Å². The van der Waals surface area contributed by atoms with Gasteiger partial charge in [0.2, 0.25) is 0 Å². The number of hydrogen-bond acceptors (Lipinski definition) is 3. The number of nitrogens with zero attached hydrogens (tertiary/aromatic N) is 2. The van der Waals surface area contributed by atoms with E-state index in [1.54, 1.807) is 0 Å². The van der Waals surface area contributed by atoms with Gasteiger partial charge in [0.05, 0.1) is 11.4 Å². The van der Waals surface area contributed by atoms with Crippen molar-refractivity contribution in [3.05, 3.63) is 108 Å². The summed E-state index contributed by atoms with van der Waals surface area (Å²) in [6.07, 6.45) is 0. The van der Waals surface area contributed by atoms with E-state index in [-0.39, 0.29) is 0 Å². The van der Waals surface area contributed by atoms with Crippen LogP contribution in [0, 0.1) is 0 Å². The molecular formula is C28H17BrN2O. The van der Waals surface area contributed by atoms with E-state index in [9.17, 15) is 0 Å². The lowest BCUT2D eigenvalue weighted by Gasteiger charge is -2.10. The van der Waals surface area contributed by atoms with Crippen molar-refractivity contribution in [2.45, 2.75) is 0 Å². The van der Waals surface area contributed by atoms with Gasteiger partial charge < -0.3 is 4.42 Å². The number of fused-ring (bicyclic) bond motifs is 3. The maximum atomic E-state index is 6.28. The first-order chi connectivity index (χ1) is 15.8. The zero-order valence-corrected chi connectivity index (χ0v) is 18.6. The lowest BCUT2D eigenvalue weighted by Crippen LogP contribution is -1.96. The molecule has 32 heavy (non-hydrogen) atoms. The number of hydrogen-bond donors (Lipinski definition) is 0. The highest BCUT2D eigenvalue weighted by Crippen LogP contribution is 2.36. The average Bonchev–Trinajstić information content (AvgIpc) is 3.24. The summed E-state index contributed by atoms with van der Waals surface area (Å²) in [5, 5.41) is 2.19. The van der Waals surface area contributed by atoms with Gasteiger partial charge in [0.1, 0.15) is 11.2 Å². The largest absolute Gasteiger partial charge is 0.455 e. The number of halogens is 1. The zero-order chi connectivity index (χ0) is 21.5. The molecule has 0 atom stereocenters. The average molecular weight is 477 g/mol. The minimum Gasteiger partial charge on any atom is -0.455 e. The third-order valence-electron chi connectivity index (χ3n) is 5.58. The number of furan rings is 1. The first kappa shape index (κ1) is 19.0. The molecule has 0 saturated carbocycles. The molecule has 0 aliphatic carbocycles. The molecule has 0 unspecified atom stereocenters. The summed E-state index contributed by atoms with van der Waals surface area (Å²) in [4.78, 5) is 9.85. The minimum atomic E-state index is 0.689. The Morgan fingerprint density at radius 1 is 0.594 bits per heavy atom. The fraction of sp³-hybridized carbons (Fsp3) is 0. The van der Waals surface area contributed by atoms with Crippen LogP contribution < -0.4 is 0 Å². The van der Waals surface area contributed by atoms with E-state index in [2.05, 4.69) is 52.3 Å². The fourth-order valence-corrected chi connectivity index (χ4v) is 4.28. The molecule has 0 N–H and O–H groups in total. The Morgan fingerprint density at radius 3 is 2.16 bits per heavy atom. The second-order valence-electron chi connectivity index (χ2n) is 7.62. The van der Waals surface area contributed by atoms with Gasteiger partial charge in [-0.15, -0.1) is 0 Å². The van der Waals surface area contributed by atoms with Crippen LogP contribution >= 0.6 is 15.9 Å². The quantitative estimate of drug-likeness (QED) is 0.258. The van der Waals surface area contributed by atoms with Gasteiger partial charge in [0.15, 0.2) is 5.82 Å². The van der Waals surface area contributed by atoms with Crippen LogP contribution in [0.4, 0.5) is 0 Å². The Hall–Kier alpha value is -3.76. The Balaban J connectivity index is 1.62. The fourth-order valence-electron chi connectivity index (χ4n) is 4.02. The van der Waals surface area contributed by atoms with E-state index in [0.717, 1.165) is 54.5 Å². The topological polar surface area (TPSA) is 38.9 Å². The normalized spacial score (nSPS) is 11.3. The van der Waals surface area contributed by atoms with Gasteiger partial charge in [0, 0.05) is 31.9 Å². The van der Waals surface area contributed by atoms with E-state index in [1.807, 2.05) is 66.7 Å². The number of rotatable bonds is 3. The highest BCUT2D eigenvalue weighted by molar-refractivity contribution is 9.10. The smallest absolute Gasteiger partial charge is 0.160 e. The van der Waals surface area contributed by atoms with Gasteiger partial charge in [-0.3, -0.25) is 0 Å². The summed E-state index contributed by atoms with van der Waals surface area (Å²) in [7, 11) is 0. The first-order valence-electron chi connectivity index (χ1n) is 10.4. The lowest BCUT2D eigenvalue weighted by molar-refractivity contribution is 0.670. The molecule has 0 saturated heterocycles. The van der Waals surface area contributed by atoms with Crippen molar-refractivity contribution in [2.75, 3.05) is 0 Å². The van der Waals surface area contributed by atoms with Crippen LogP contribution in [-0.4, -0.2) is 9.97 Å². The maximum Gasteiger partial charge on any atom is 0.160 e. The van der Waals surface area contributed by atoms with Crippen LogP contribution in [0.2, 0.25) is 0 Å². The monoisotopic (exact) mass is 476 g/mol. The number of benzene rings is 4. The lowest BCUT2D eigenvalue weighted by atomic mass is 10.0. The van der Waals surface area contributed by atoms with Crippen LogP contribution in [0.25, 0.3) is 55.8 Å². The van der Waals surface area contributed by atoms with E-state index in [4.69, 9.17) is 14.4 Å². The molecular weight excluding hydrogens is 460 g/mol. The van der Waals surface area contributed by atoms with E-state index in [0.29, 0.717) is 5.82 Å². The molecule has 0 spiro atoms. The van der Waals surface area contributed by atoms with Crippen molar-refractivity contribution in [1.82, 2.24) is 9.97 Å². The van der Waals surface area contributed by atoms with E-state index < -0.39 is 0 Å². The Labute approximate surface area is 193 Å². The third kappa shape index (κ3) is 3.29. The van der Waals surface area contributed by atoms with Crippen molar-refractivity contribution in [2.24, 2.45) is 0 Å². The molecule has 6 rings (SSSR count). The second-order valence-corrected chi connectivity index (χ2v) is 8.53. The van der Waals surface area contributed by atoms with E-state index >= 15 is 0 Å². The van der Waals surface area contributed by atoms with Gasteiger partial charge >= 0.3 is 0 Å². The van der Waals surface area contributed by atoms with Crippen molar-refractivity contribution in [3.8, 4) is 33.9 Å². The summed E-state index contributed by atoms with van der Waals surface area (Å²) < 4.78 is 7.31. The summed E-state index contributed by atoms with van der Waals surface area (Å²) in [5.74, 6) is 0.689. The highest BCUT2D eigenvalue weighted by atomic mass is 79.9. The number of aromatic nitrogens is 2. The SMILES string of the molecule is Brc1ccc(-c2cc(-c3cccc4c3oc3ccccc34)nc(-c3ccccc3)n2)cc1. The summed E-state index contributed by atoms with van der Waals surface area (Å²) in [6, 6.07) is 34.6. The highest BCUT2D eigenvalue weighted by Gasteiger charge is 2.16. The molecule has 0 amide bonds. The molecule has 2 aromatic heterocycles. The molecule has 0 radical (unpaired) electrons. The molecule has 152 valence electrons. The molecule has 6 aromatic rings. The molecule has 2 heterocycles. The van der Waals surface area contributed by atoms with E-state index in [1.165, 1.54) is 0 Å². The zero-order valence-electron chi connectivity index (χ0n) is 17.0. The van der Waals surface area contributed by atoms with Crippen LogP contribution in [0.3, 0.4) is 0 Å². The predicted octanol–water partition coefficient (Wildman–Crippen LogP) is 8.14. The molecule has 3 nitrogen and oxygen atoms in total. The van der Waals surface area contributed by atoms with Crippen molar-refractivity contribution < 1.29 is 4.42 Å². The van der Waals surface area contributed by atoms with Crippen LogP contribution in [0.15, 0.2) is 112 Å². The van der Waals surface area contributed by atoms with Crippen LogP contribution in [0.1, 0.15) is 0 Å². The Bertz CT molecular complexity index is 1570. The molecule has 0 aliphatic heterocycles. The summed E-state index contributed by atoms with van der Waals surface area (Å²) in [5.41, 5.74) is 6.39. The molecule has 0 bridgehead atoms. The predicted molar refractivity (Wildman–Crippen MR) is 133 cm³/mol. The van der Waals surface area contributed by atoms with Crippen LogP contribution in [-0.2, 0) is 0 Å². The van der Waals surface area contributed by atoms with Gasteiger partial charge in [-0.2, -0.15) is 0 Å². The first-order valence-corrected chi connectivity index (χ1v) is 11.2. The van der Waals surface area contributed by atoms with Gasteiger partial charge in [-0.05, 0) is 30.3 Å². The van der Waals surface area contributed by atoms with Gasteiger partial charge in [-0.1, -0.05) is 88.7 Å². The Kier molecular flexibility index (Phi) is 4.58. The Morgan fingerprint density at radius 2 is 1.31 bits per heavy atom. The maximum absolute atomic E-state index is 6.28. The van der Waals surface area contributed by atoms with Crippen molar-refractivity contribution in [3.63, 3.8) is 0 Å². The third-order valence-corrected chi connectivity index (χ3v) is 6.11. The minimum absolute atomic E-state index is 0.689. The standard InChI is InChI=1S/C28H17BrN2O/c29-20-15-13-18(14-16-20)24-17-25(31-28(30-24)19-7-2-1-3-8-19)23-11-6-10-22-21-9-4-5-12-26(21)32-27(22)23/h1-17H. The van der Waals surface area contributed by atoms with Crippen molar-refractivity contribution in [1.29, 1.82) is 0 Å². The molecule has 0 fully saturated rings. The van der Waals surface area contributed by atoms with Crippen LogP contribution in [0.5, 0.6) is 0 Å². The number of para-hydroxylation sites is 2. The van der Waals surface area contributed by atoms with Crippen molar-refractivity contribution >= 4 is 37.9 Å². The van der Waals surface area contributed by atoms with Gasteiger partial charge in [-0.25, -0.2) is 9.97 Å². The summed E-state index contributed by atoms with van der Waals surface area (Å²) >= 11 is 3.52. The molecule has 0 aliphatic rings. The summed E-state index contributed by atoms with van der Waals surface area (Å²) in [6.45, 7) is 0. The molecule has 4 heteroatoms.